The van der Waals surface area contributed by atoms with Gasteiger partial charge in [-0.25, -0.2) is 4.79 Å². The third-order valence-corrected chi connectivity index (χ3v) is 6.08. The summed E-state index contributed by atoms with van der Waals surface area (Å²) in [5.41, 5.74) is -1.29. The lowest BCUT2D eigenvalue weighted by Gasteiger charge is -2.30. The number of hydrogen-bond donors (Lipinski definition) is 2. The van der Waals surface area contributed by atoms with Gasteiger partial charge in [-0.1, -0.05) is 35.5 Å². The van der Waals surface area contributed by atoms with E-state index in [1.165, 1.54) is 17.8 Å². The number of alkyl halides is 3. The van der Waals surface area contributed by atoms with Gasteiger partial charge in [0.15, 0.2) is 0 Å². The number of benzene rings is 2. The van der Waals surface area contributed by atoms with E-state index < -0.39 is 29.0 Å². The Morgan fingerprint density at radius 1 is 1.09 bits per heavy atom. The van der Waals surface area contributed by atoms with Crippen LogP contribution >= 0.6 is 35.8 Å². The molecule has 0 aliphatic rings. The van der Waals surface area contributed by atoms with Crippen LogP contribution in [0.15, 0.2) is 52.3 Å². The minimum Gasteiger partial charge on any atom is -0.444 e. The molecule has 0 aliphatic heterocycles. The summed E-state index contributed by atoms with van der Waals surface area (Å²) in [5, 5.41) is 13.0. The molecule has 1 atom stereocenters. The van der Waals surface area contributed by atoms with E-state index in [9.17, 15) is 23.1 Å². The quantitative estimate of drug-likeness (QED) is 0.364. The van der Waals surface area contributed by atoms with E-state index in [-0.39, 0.29) is 19.0 Å². The van der Waals surface area contributed by atoms with Crippen molar-refractivity contribution < 1.29 is 27.8 Å². The van der Waals surface area contributed by atoms with Gasteiger partial charge in [0.1, 0.15) is 5.60 Å². The van der Waals surface area contributed by atoms with E-state index in [0.29, 0.717) is 29.2 Å². The van der Waals surface area contributed by atoms with E-state index in [1.807, 2.05) is 12.1 Å². The van der Waals surface area contributed by atoms with Gasteiger partial charge in [-0.05, 0) is 82.9 Å². The van der Waals surface area contributed by atoms with Crippen molar-refractivity contribution in [3.63, 3.8) is 0 Å². The molecule has 0 aromatic heterocycles. The number of halogens is 5. The zero-order valence-corrected chi connectivity index (χ0v) is 21.9. The summed E-state index contributed by atoms with van der Waals surface area (Å²) < 4.78 is 44.0. The normalized spacial score (nSPS) is 13.6. The monoisotopic (exact) mass is 539 g/mol. The molecule has 0 radical (unpaired) electrons. The van der Waals surface area contributed by atoms with Gasteiger partial charge in [0.2, 0.25) is 0 Å². The highest BCUT2D eigenvalue weighted by atomic mass is 35.5. The number of aliphatic hydroxyl groups is 1. The van der Waals surface area contributed by atoms with Crippen LogP contribution in [-0.4, -0.2) is 28.9 Å². The predicted octanol–water partition coefficient (Wildman–Crippen LogP) is 7.53. The minimum atomic E-state index is -4.39. The van der Waals surface area contributed by atoms with Crippen LogP contribution in [0.4, 0.5) is 18.0 Å². The Bertz CT molecular complexity index is 967. The van der Waals surface area contributed by atoms with Crippen molar-refractivity contribution in [1.82, 2.24) is 5.32 Å². The average Bonchev–Trinajstić information content (AvgIpc) is 2.67. The smallest absolute Gasteiger partial charge is 0.416 e. The van der Waals surface area contributed by atoms with Gasteiger partial charge in [0, 0.05) is 14.8 Å². The Morgan fingerprint density at radius 3 is 2.29 bits per heavy atom. The first-order valence-corrected chi connectivity index (χ1v) is 11.7. The Morgan fingerprint density at radius 2 is 1.74 bits per heavy atom. The fraction of sp³-hybridized carbons (Fsp3) is 0.458. The molecule has 1 amide bonds. The first-order chi connectivity index (χ1) is 15.2. The van der Waals surface area contributed by atoms with Gasteiger partial charge in [0.25, 0.3) is 0 Å². The Hall–Kier alpha value is -1.61. The van der Waals surface area contributed by atoms with E-state index in [1.54, 1.807) is 39.8 Å². The highest BCUT2D eigenvalue weighted by Gasteiger charge is 2.30. The summed E-state index contributed by atoms with van der Waals surface area (Å²) in [6, 6.07) is 10.5. The number of nitrogens with one attached hydrogen (secondary N) is 1. The second kappa shape index (κ2) is 12.4. The number of amides is 1. The molecule has 190 valence electrons. The maximum absolute atomic E-state index is 12.9. The van der Waals surface area contributed by atoms with Crippen molar-refractivity contribution >= 4 is 41.9 Å². The lowest BCUT2D eigenvalue weighted by Crippen LogP contribution is -2.50. The van der Waals surface area contributed by atoms with Crippen molar-refractivity contribution in [1.29, 1.82) is 0 Å². The van der Waals surface area contributed by atoms with Crippen molar-refractivity contribution in [2.75, 3.05) is 6.61 Å². The number of hydrogen-bond acceptors (Lipinski definition) is 4. The third-order valence-electron chi connectivity index (χ3n) is 4.75. The SMILES string of the molecule is CC(CO)(CCCc1ccc(Sc2cccc(C(F)(F)F)c2)cc1Cl)NC(=O)OC(C)(C)C.Cl. The van der Waals surface area contributed by atoms with Gasteiger partial charge in [-0.15, -0.1) is 12.4 Å². The van der Waals surface area contributed by atoms with E-state index >= 15 is 0 Å². The topological polar surface area (TPSA) is 58.6 Å². The molecule has 2 aromatic rings. The van der Waals surface area contributed by atoms with E-state index in [0.717, 1.165) is 22.6 Å². The summed E-state index contributed by atoms with van der Waals surface area (Å²) in [4.78, 5) is 13.3. The molecule has 0 aliphatic carbocycles. The lowest BCUT2D eigenvalue weighted by atomic mass is 9.94. The highest BCUT2D eigenvalue weighted by Crippen LogP contribution is 2.35. The molecule has 34 heavy (non-hydrogen) atoms. The predicted molar refractivity (Wildman–Crippen MR) is 132 cm³/mol. The van der Waals surface area contributed by atoms with Gasteiger partial charge in [-0.2, -0.15) is 13.2 Å². The van der Waals surface area contributed by atoms with E-state index in [4.69, 9.17) is 16.3 Å². The molecule has 0 heterocycles. The Kier molecular flexibility index (Phi) is 11.1. The van der Waals surface area contributed by atoms with Gasteiger partial charge >= 0.3 is 12.3 Å². The summed E-state index contributed by atoms with van der Waals surface area (Å²) in [5.74, 6) is 0. The fourth-order valence-corrected chi connectivity index (χ4v) is 4.32. The molecular formula is C24H30Cl2F3NO3S. The highest BCUT2D eigenvalue weighted by molar-refractivity contribution is 7.99. The van der Waals surface area contributed by atoms with Crippen LogP contribution in [0.5, 0.6) is 0 Å². The number of carbonyl (C=O) groups excluding carboxylic acids is 1. The molecule has 0 fully saturated rings. The lowest BCUT2D eigenvalue weighted by molar-refractivity contribution is -0.137. The average molecular weight is 540 g/mol. The van der Waals surface area contributed by atoms with Crippen molar-refractivity contribution in [3.8, 4) is 0 Å². The molecule has 0 saturated carbocycles. The summed E-state index contributed by atoms with van der Waals surface area (Å²) in [6.07, 6.45) is -3.22. The Labute approximate surface area is 214 Å². The second-order valence-electron chi connectivity index (χ2n) is 9.08. The first-order valence-electron chi connectivity index (χ1n) is 10.5. The van der Waals surface area contributed by atoms with Gasteiger partial charge < -0.3 is 15.2 Å². The largest absolute Gasteiger partial charge is 0.444 e. The number of rotatable bonds is 8. The van der Waals surface area contributed by atoms with Gasteiger partial charge in [0.05, 0.1) is 17.7 Å². The summed E-state index contributed by atoms with van der Waals surface area (Å²) >= 11 is 7.61. The van der Waals surface area contributed by atoms with Crippen LogP contribution < -0.4 is 5.32 Å². The maximum atomic E-state index is 12.9. The standard InChI is InChI=1S/C24H29ClF3NO3S.ClH/c1-22(2,3)32-21(31)29-23(4,15-30)12-6-7-16-10-11-19(14-20(16)25)33-18-9-5-8-17(13-18)24(26,27)28;/h5,8-11,13-14,30H,6-7,12,15H2,1-4H3,(H,29,31);1H. The van der Waals surface area contributed by atoms with Crippen LogP contribution in [0, 0.1) is 0 Å². The molecule has 2 aromatic carbocycles. The second-order valence-corrected chi connectivity index (χ2v) is 10.6. The Balaban J connectivity index is 0.00000578. The molecular weight excluding hydrogens is 510 g/mol. The van der Waals surface area contributed by atoms with Crippen molar-refractivity contribution in [2.45, 2.75) is 74.1 Å². The van der Waals surface area contributed by atoms with Crippen LogP contribution in [0.3, 0.4) is 0 Å². The number of carbonyl (C=O) groups is 1. The minimum absolute atomic E-state index is 0. The molecule has 0 saturated heterocycles. The number of alkyl carbamates (subject to hydrolysis) is 1. The molecule has 10 heteroatoms. The molecule has 4 nitrogen and oxygen atoms in total. The molecule has 0 bridgehead atoms. The molecule has 1 unspecified atom stereocenters. The summed E-state index contributed by atoms with van der Waals surface area (Å²) in [6.45, 7) is 6.79. The molecule has 2 N–H and O–H groups in total. The van der Waals surface area contributed by atoms with Gasteiger partial charge in [-0.3, -0.25) is 0 Å². The molecule has 0 spiro atoms. The van der Waals surface area contributed by atoms with Crippen LogP contribution in [0.1, 0.15) is 51.7 Å². The zero-order chi connectivity index (χ0) is 24.9. The van der Waals surface area contributed by atoms with E-state index in [2.05, 4.69) is 5.32 Å². The summed E-state index contributed by atoms with van der Waals surface area (Å²) in [7, 11) is 0. The number of aryl methyl sites for hydroxylation is 1. The van der Waals surface area contributed by atoms with Crippen LogP contribution in [0.2, 0.25) is 5.02 Å². The van der Waals surface area contributed by atoms with Crippen molar-refractivity contribution in [3.05, 3.63) is 58.6 Å². The zero-order valence-electron chi connectivity index (χ0n) is 19.5. The number of aliphatic hydroxyl groups excluding tert-OH is 1. The van der Waals surface area contributed by atoms with Crippen LogP contribution in [-0.2, 0) is 17.3 Å². The third kappa shape index (κ3) is 9.94. The fourth-order valence-electron chi connectivity index (χ4n) is 3.07. The number of ether oxygens (including phenoxy) is 1. The maximum Gasteiger partial charge on any atom is 0.416 e. The van der Waals surface area contributed by atoms with Crippen LogP contribution in [0.25, 0.3) is 0 Å². The van der Waals surface area contributed by atoms with Crippen molar-refractivity contribution in [2.24, 2.45) is 0 Å². The molecule has 2 rings (SSSR count). The first kappa shape index (κ1) is 30.4.